The smallest absolute Gasteiger partial charge is 0.407 e. The minimum absolute atomic E-state index is 0.0318. The van der Waals surface area contributed by atoms with E-state index in [0.717, 1.165) is 23.8 Å². The highest BCUT2D eigenvalue weighted by Gasteiger charge is 2.38. The fourth-order valence-electron chi connectivity index (χ4n) is 5.21. The van der Waals surface area contributed by atoms with Crippen LogP contribution in [0.2, 0.25) is 0 Å². The molecule has 1 atom stereocenters. The molecule has 240 valence electrons. The Morgan fingerprint density at radius 3 is 2.32 bits per heavy atom. The maximum Gasteiger partial charge on any atom is 0.407 e. The van der Waals surface area contributed by atoms with Crippen molar-refractivity contribution in [1.82, 2.24) is 19.4 Å². The molecule has 2 aromatic carbocycles. The monoisotopic (exact) mass is 629 g/mol. The molecule has 2 amide bonds. The lowest BCUT2D eigenvalue weighted by Gasteiger charge is -2.41. The molecule has 0 unspecified atom stereocenters. The first-order valence-corrected chi connectivity index (χ1v) is 15.9. The summed E-state index contributed by atoms with van der Waals surface area (Å²) < 4.78 is 31.1. The first-order chi connectivity index (χ1) is 20.6. The van der Waals surface area contributed by atoms with Gasteiger partial charge in [0.15, 0.2) is 0 Å². The van der Waals surface area contributed by atoms with Gasteiger partial charge in [0.2, 0.25) is 5.91 Å². The highest BCUT2D eigenvalue weighted by atomic mass is 32.2. The van der Waals surface area contributed by atoms with Crippen LogP contribution in [0, 0.1) is 17.0 Å². The van der Waals surface area contributed by atoms with Crippen molar-refractivity contribution in [2.45, 2.75) is 66.1 Å². The number of carboxylic acid groups (broad SMARTS) is 1. The van der Waals surface area contributed by atoms with Crippen LogP contribution >= 0.6 is 11.8 Å². The fraction of sp³-hybridized carbons (Fsp3) is 0.485. The quantitative estimate of drug-likeness (QED) is 0.205. The van der Waals surface area contributed by atoms with Gasteiger partial charge in [-0.2, -0.15) is 11.8 Å². The van der Waals surface area contributed by atoms with Crippen molar-refractivity contribution in [2.24, 2.45) is 11.1 Å². The number of rotatable bonds is 13. The predicted molar refractivity (Wildman–Crippen MR) is 173 cm³/mol. The fourth-order valence-corrected chi connectivity index (χ4v) is 5.87. The summed E-state index contributed by atoms with van der Waals surface area (Å²) in [5, 5.41) is 9.83. The van der Waals surface area contributed by atoms with E-state index in [0.29, 0.717) is 31.1 Å². The highest BCUT2D eigenvalue weighted by Crippen LogP contribution is 2.40. The number of thioether (sulfide) groups is 1. The molecule has 1 heterocycles. The summed E-state index contributed by atoms with van der Waals surface area (Å²) in [6, 6.07) is 12.4. The third kappa shape index (κ3) is 9.28. The topological polar surface area (TPSA) is 105 Å². The molecule has 0 bridgehead atoms. The largest absolute Gasteiger partial charge is 0.465 e. The Morgan fingerprint density at radius 1 is 1.05 bits per heavy atom. The summed E-state index contributed by atoms with van der Waals surface area (Å²) in [7, 11) is 0. The van der Waals surface area contributed by atoms with Crippen LogP contribution < -0.4 is 5.73 Å². The standard InChI is InChI=1S/C33H45F2N5O3S/c1-32(2,3)29(39(28(41)22-44-18-15-36)16-10-17-40(31(42)43)33(4,5)6)30-37-27(25-19-24(34)13-14-26(25)35)21-38(30)20-23-11-8-7-9-12-23/h7-9,11-14,19,21,29H,10,15-18,20,22,36H2,1-6H3,(H,42,43)/t29-/m0/s1. The molecule has 0 fully saturated rings. The molecule has 3 rings (SSSR count). The molecular weight excluding hydrogens is 584 g/mol. The van der Waals surface area contributed by atoms with E-state index in [1.54, 1.807) is 11.1 Å². The number of benzene rings is 2. The van der Waals surface area contributed by atoms with Crippen molar-refractivity contribution in [3.8, 4) is 11.3 Å². The number of amides is 2. The molecule has 11 heteroatoms. The summed E-state index contributed by atoms with van der Waals surface area (Å²) in [4.78, 5) is 34.0. The zero-order chi connectivity index (χ0) is 32.7. The normalized spacial score (nSPS) is 12.7. The van der Waals surface area contributed by atoms with E-state index in [1.807, 2.05) is 76.4 Å². The van der Waals surface area contributed by atoms with Gasteiger partial charge in [-0.1, -0.05) is 51.1 Å². The lowest BCUT2D eigenvalue weighted by molar-refractivity contribution is -0.133. The molecule has 0 spiro atoms. The van der Waals surface area contributed by atoms with E-state index in [-0.39, 0.29) is 36.0 Å². The molecule has 3 N–H and O–H groups in total. The molecular formula is C33H45F2N5O3S. The lowest BCUT2D eigenvalue weighted by Crippen LogP contribution is -2.48. The Hall–Kier alpha value is -3.44. The van der Waals surface area contributed by atoms with Crippen molar-refractivity contribution in [2.75, 3.05) is 31.1 Å². The molecule has 0 aliphatic carbocycles. The van der Waals surface area contributed by atoms with Gasteiger partial charge in [0.05, 0.1) is 17.5 Å². The van der Waals surface area contributed by atoms with Crippen LogP contribution in [0.1, 0.15) is 65.4 Å². The SMILES string of the molecule is CC(C)(C)[C@H](c1nc(-c2cc(F)ccc2F)cn1Cc1ccccc1)N(CCCN(C(=O)O)C(C)(C)C)C(=O)CSCCN. The third-order valence-electron chi connectivity index (χ3n) is 7.21. The molecule has 0 radical (unpaired) electrons. The number of hydrogen-bond donors (Lipinski definition) is 2. The van der Waals surface area contributed by atoms with Crippen molar-refractivity contribution in [1.29, 1.82) is 0 Å². The van der Waals surface area contributed by atoms with Gasteiger partial charge in [-0.15, -0.1) is 0 Å². The van der Waals surface area contributed by atoms with Crippen LogP contribution in [0.15, 0.2) is 54.7 Å². The molecule has 0 saturated heterocycles. The van der Waals surface area contributed by atoms with E-state index in [2.05, 4.69) is 0 Å². The number of hydrogen-bond acceptors (Lipinski definition) is 5. The van der Waals surface area contributed by atoms with Crippen molar-refractivity contribution >= 4 is 23.8 Å². The van der Waals surface area contributed by atoms with E-state index in [1.165, 1.54) is 16.7 Å². The molecule has 0 saturated carbocycles. The second-order valence-electron chi connectivity index (χ2n) is 12.9. The van der Waals surface area contributed by atoms with Crippen LogP contribution in [0.25, 0.3) is 11.3 Å². The first kappa shape index (κ1) is 35.0. The van der Waals surface area contributed by atoms with Crippen LogP contribution in [-0.2, 0) is 11.3 Å². The van der Waals surface area contributed by atoms with Gasteiger partial charge in [-0.25, -0.2) is 18.6 Å². The zero-order valence-corrected chi connectivity index (χ0v) is 27.3. The lowest BCUT2D eigenvalue weighted by atomic mass is 9.84. The van der Waals surface area contributed by atoms with Crippen molar-refractivity contribution in [3.63, 3.8) is 0 Å². The average Bonchev–Trinajstić information content (AvgIpc) is 3.33. The first-order valence-electron chi connectivity index (χ1n) is 14.8. The maximum absolute atomic E-state index is 15.0. The van der Waals surface area contributed by atoms with Gasteiger partial charge in [0.1, 0.15) is 17.5 Å². The summed E-state index contributed by atoms with van der Waals surface area (Å²) in [6.45, 7) is 12.8. The molecule has 1 aromatic heterocycles. The van der Waals surface area contributed by atoms with Gasteiger partial charge in [0.25, 0.3) is 0 Å². The molecule has 0 aliphatic heterocycles. The van der Waals surface area contributed by atoms with Gasteiger partial charge in [-0.3, -0.25) is 4.79 Å². The number of carbonyl (C=O) groups excluding carboxylic acids is 1. The predicted octanol–water partition coefficient (Wildman–Crippen LogP) is 6.65. The summed E-state index contributed by atoms with van der Waals surface area (Å²) in [6.07, 6.45) is 1.08. The van der Waals surface area contributed by atoms with Gasteiger partial charge >= 0.3 is 6.09 Å². The van der Waals surface area contributed by atoms with E-state index in [4.69, 9.17) is 10.7 Å². The second-order valence-corrected chi connectivity index (χ2v) is 14.0. The number of imidazole rings is 1. The van der Waals surface area contributed by atoms with Crippen LogP contribution in [0.5, 0.6) is 0 Å². The van der Waals surface area contributed by atoms with Crippen LogP contribution in [-0.4, -0.2) is 73.1 Å². The van der Waals surface area contributed by atoms with Crippen LogP contribution in [0.3, 0.4) is 0 Å². The van der Waals surface area contributed by atoms with Gasteiger partial charge in [-0.05, 0) is 56.4 Å². The molecule has 44 heavy (non-hydrogen) atoms. The minimum atomic E-state index is -1.03. The molecule has 3 aromatic rings. The summed E-state index contributed by atoms with van der Waals surface area (Å²) in [5.41, 5.74) is 5.80. The Morgan fingerprint density at radius 2 is 1.73 bits per heavy atom. The number of halogens is 2. The van der Waals surface area contributed by atoms with Crippen LogP contribution in [0.4, 0.5) is 13.6 Å². The zero-order valence-electron chi connectivity index (χ0n) is 26.5. The number of carbonyl (C=O) groups is 2. The third-order valence-corrected chi connectivity index (χ3v) is 8.19. The second kappa shape index (κ2) is 15.0. The molecule has 8 nitrogen and oxygen atoms in total. The highest BCUT2D eigenvalue weighted by molar-refractivity contribution is 7.99. The average molecular weight is 630 g/mol. The summed E-state index contributed by atoms with van der Waals surface area (Å²) in [5.74, 6) is 0.0237. The van der Waals surface area contributed by atoms with Gasteiger partial charge in [0, 0.05) is 49.2 Å². The summed E-state index contributed by atoms with van der Waals surface area (Å²) >= 11 is 1.44. The Kier molecular flexibility index (Phi) is 12.0. The molecule has 0 aliphatic rings. The van der Waals surface area contributed by atoms with Crippen molar-refractivity contribution < 1.29 is 23.5 Å². The Labute approximate surface area is 263 Å². The van der Waals surface area contributed by atoms with Crippen molar-refractivity contribution in [3.05, 3.63) is 77.8 Å². The van der Waals surface area contributed by atoms with Gasteiger partial charge < -0.3 is 25.2 Å². The number of nitrogens with zero attached hydrogens (tertiary/aromatic N) is 4. The van der Waals surface area contributed by atoms with E-state index < -0.39 is 34.7 Å². The maximum atomic E-state index is 15.0. The number of aromatic nitrogens is 2. The number of nitrogens with two attached hydrogens (primary N) is 1. The Bertz CT molecular complexity index is 1400. The van der Waals surface area contributed by atoms with E-state index in [9.17, 15) is 23.5 Å². The minimum Gasteiger partial charge on any atom is -0.465 e. The van der Waals surface area contributed by atoms with E-state index >= 15 is 0 Å². The Balaban J connectivity index is 2.14.